The Bertz CT molecular complexity index is 874. The molecule has 0 unspecified atom stereocenters. The minimum Gasteiger partial charge on any atom is -0.511 e. The van der Waals surface area contributed by atoms with Gasteiger partial charge in [0.2, 0.25) is 0 Å². The van der Waals surface area contributed by atoms with E-state index in [1.54, 1.807) is 6.20 Å². The molecular weight excluding hydrogens is 212 g/mol. The van der Waals surface area contributed by atoms with Crippen molar-refractivity contribution >= 4 is 33.8 Å². The third-order valence-electron chi connectivity index (χ3n) is 3.37. The number of aromatic nitrogens is 2. The Kier molecular flexibility index (Phi) is 1.50. The van der Waals surface area contributed by atoms with Gasteiger partial charge in [0, 0.05) is 28.7 Å². The maximum absolute atomic E-state index is 9.81. The van der Waals surface area contributed by atoms with Crippen LogP contribution in [0.1, 0.15) is 6.42 Å². The molecule has 1 aliphatic carbocycles. The van der Waals surface area contributed by atoms with Gasteiger partial charge >= 0.3 is 0 Å². The highest BCUT2D eigenvalue weighted by Gasteiger charge is 2.11. The van der Waals surface area contributed by atoms with Crippen LogP contribution in [0.3, 0.4) is 0 Å². The predicted molar refractivity (Wildman–Crippen MR) is 68.0 cm³/mol. The first kappa shape index (κ1) is 8.82. The molecule has 82 valence electrons. The Morgan fingerprint density at radius 2 is 2.12 bits per heavy atom. The summed E-state index contributed by atoms with van der Waals surface area (Å²) in [5.41, 5.74) is 3.09. The molecule has 1 aromatic carbocycles. The number of nitrogens with zero attached hydrogens (tertiary/aromatic N) is 1. The van der Waals surface area contributed by atoms with E-state index in [0.29, 0.717) is 12.2 Å². The van der Waals surface area contributed by atoms with Gasteiger partial charge in [-0.25, -0.2) is 0 Å². The second-order valence-corrected chi connectivity index (χ2v) is 4.33. The molecule has 2 aromatic heterocycles. The van der Waals surface area contributed by atoms with E-state index in [1.165, 1.54) is 0 Å². The van der Waals surface area contributed by atoms with Crippen molar-refractivity contribution in [3.63, 3.8) is 0 Å². The molecule has 0 amide bonds. The number of aliphatic hydroxyl groups excluding tert-OH is 1. The zero-order valence-electron chi connectivity index (χ0n) is 9.07. The van der Waals surface area contributed by atoms with E-state index in [0.717, 1.165) is 32.4 Å². The Hall–Kier alpha value is -2.29. The van der Waals surface area contributed by atoms with E-state index in [4.69, 9.17) is 0 Å². The summed E-state index contributed by atoms with van der Waals surface area (Å²) in [5.74, 6) is 0.451. The van der Waals surface area contributed by atoms with Gasteiger partial charge in [-0.15, -0.1) is 0 Å². The van der Waals surface area contributed by atoms with Crippen molar-refractivity contribution in [3.8, 4) is 0 Å². The number of pyridine rings is 1. The minimum absolute atomic E-state index is 0.451. The highest BCUT2D eigenvalue weighted by atomic mass is 16.3. The summed E-state index contributed by atoms with van der Waals surface area (Å²) in [6.07, 6.45) is 4.48. The van der Waals surface area contributed by atoms with Crippen LogP contribution in [0.25, 0.3) is 33.8 Å². The monoisotopic (exact) mass is 222 g/mol. The smallest absolute Gasteiger partial charge is 0.104 e. The number of hydrogen-bond acceptors (Lipinski definition) is 2. The summed E-state index contributed by atoms with van der Waals surface area (Å²) in [4.78, 5) is 7.78. The first-order valence-electron chi connectivity index (χ1n) is 5.62. The summed E-state index contributed by atoms with van der Waals surface area (Å²) in [6.45, 7) is 0. The van der Waals surface area contributed by atoms with Crippen LogP contribution >= 0.6 is 0 Å². The van der Waals surface area contributed by atoms with Crippen molar-refractivity contribution < 1.29 is 5.11 Å². The van der Waals surface area contributed by atoms with Gasteiger partial charge in [-0.05, 0) is 29.5 Å². The molecule has 3 aromatic rings. The third kappa shape index (κ3) is 1.03. The number of aliphatic hydroxyl groups is 1. The zero-order chi connectivity index (χ0) is 11.4. The Morgan fingerprint density at radius 1 is 1.18 bits per heavy atom. The van der Waals surface area contributed by atoms with Crippen LogP contribution in [0.4, 0.5) is 0 Å². The lowest BCUT2D eigenvalue weighted by atomic mass is 10.1. The average Bonchev–Trinajstić information content (AvgIpc) is 2.90. The fourth-order valence-electron chi connectivity index (χ4n) is 2.60. The number of aromatic amines is 1. The van der Waals surface area contributed by atoms with E-state index in [2.05, 4.69) is 16.0 Å². The van der Waals surface area contributed by atoms with Crippen LogP contribution in [0.2, 0.25) is 0 Å². The molecule has 2 N–H and O–H groups in total. The fourth-order valence-corrected chi connectivity index (χ4v) is 2.60. The summed E-state index contributed by atoms with van der Waals surface area (Å²) >= 11 is 0. The summed E-state index contributed by atoms with van der Waals surface area (Å²) < 4.78 is 0. The molecule has 4 rings (SSSR count). The van der Waals surface area contributed by atoms with Crippen molar-refractivity contribution in [3.05, 3.63) is 40.9 Å². The number of benzene rings is 1. The normalized spacial score (nSPS) is 14.2. The van der Waals surface area contributed by atoms with E-state index in [1.807, 2.05) is 24.3 Å². The third-order valence-corrected chi connectivity index (χ3v) is 3.37. The van der Waals surface area contributed by atoms with Crippen LogP contribution in [-0.4, -0.2) is 15.1 Å². The average molecular weight is 222 g/mol. The molecule has 0 radical (unpaired) electrons. The number of rotatable bonds is 0. The van der Waals surface area contributed by atoms with Crippen molar-refractivity contribution in [2.75, 3.05) is 0 Å². The second-order valence-electron chi connectivity index (χ2n) is 4.33. The molecule has 0 atom stereocenters. The van der Waals surface area contributed by atoms with Crippen LogP contribution < -0.4 is 10.4 Å². The number of fused-ring (bicyclic) bond motifs is 5. The van der Waals surface area contributed by atoms with Gasteiger partial charge in [0.15, 0.2) is 0 Å². The first-order valence-corrected chi connectivity index (χ1v) is 5.62. The van der Waals surface area contributed by atoms with Gasteiger partial charge in [0.05, 0.1) is 11.0 Å². The molecule has 0 saturated heterocycles. The molecule has 17 heavy (non-hydrogen) atoms. The Morgan fingerprint density at radius 3 is 3.06 bits per heavy atom. The van der Waals surface area contributed by atoms with Gasteiger partial charge in [-0.1, -0.05) is 6.08 Å². The molecule has 0 fully saturated rings. The first-order chi connectivity index (χ1) is 8.34. The molecule has 3 nitrogen and oxygen atoms in total. The van der Waals surface area contributed by atoms with Crippen LogP contribution in [0.5, 0.6) is 0 Å². The maximum Gasteiger partial charge on any atom is 0.104 e. The van der Waals surface area contributed by atoms with Gasteiger partial charge in [-0.3, -0.25) is 4.98 Å². The standard InChI is InChI=1S/C14H10N2O/c17-12-6-4-9-8(12)3-5-10-13(9)14-11(16-10)2-1-7-15-14/h1-5,7,16-17H,6H2. The highest BCUT2D eigenvalue weighted by molar-refractivity contribution is 6.05. The Labute approximate surface area is 96.7 Å². The molecule has 0 aliphatic heterocycles. The minimum atomic E-state index is 0.451. The lowest BCUT2D eigenvalue weighted by Gasteiger charge is -1.92. The number of hydrogen-bond donors (Lipinski definition) is 2. The lowest BCUT2D eigenvalue weighted by Crippen LogP contribution is -2.23. The molecule has 0 bridgehead atoms. The van der Waals surface area contributed by atoms with Gasteiger partial charge in [0.1, 0.15) is 5.76 Å². The van der Waals surface area contributed by atoms with E-state index in [9.17, 15) is 5.11 Å². The molecule has 3 heteroatoms. The van der Waals surface area contributed by atoms with Gasteiger partial charge in [-0.2, -0.15) is 0 Å². The lowest BCUT2D eigenvalue weighted by molar-refractivity contribution is 0.493. The predicted octanol–water partition coefficient (Wildman–Crippen LogP) is 1.57. The number of H-pyrrole nitrogens is 1. The van der Waals surface area contributed by atoms with E-state index < -0.39 is 0 Å². The second kappa shape index (κ2) is 2.88. The van der Waals surface area contributed by atoms with Crippen molar-refractivity contribution in [2.24, 2.45) is 0 Å². The van der Waals surface area contributed by atoms with E-state index in [-0.39, 0.29) is 0 Å². The zero-order valence-corrected chi connectivity index (χ0v) is 9.07. The van der Waals surface area contributed by atoms with Crippen LogP contribution in [0, 0.1) is 0 Å². The van der Waals surface area contributed by atoms with Crippen molar-refractivity contribution in [1.82, 2.24) is 9.97 Å². The maximum atomic E-state index is 9.81. The quantitative estimate of drug-likeness (QED) is 0.606. The molecule has 0 spiro atoms. The summed E-state index contributed by atoms with van der Waals surface area (Å²) in [5, 5.41) is 13.0. The summed E-state index contributed by atoms with van der Waals surface area (Å²) in [7, 11) is 0. The topological polar surface area (TPSA) is 48.9 Å². The van der Waals surface area contributed by atoms with Crippen LogP contribution in [0.15, 0.2) is 30.5 Å². The van der Waals surface area contributed by atoms with Gasteiger partial charge in [0.25, 0.3) is 0 Å². The molecule has 2 heterocycles. The molecule has 1 aliphatic rings. The Balaban J connectivity index is 2.41. The van der Waals surface area contributed by atoms with Crippen LogP contribution in [-0.2, 0) is 0 Å². The largest absolute Gasteiger partial charge is 0.511 e. The van der Waals surface area contributed by atoms with E-state index >= 15 is 0 Å². The SMILES string of the molecule is OC1=c2ccc3[nH]c4cccnc4c3c2=CC1. The molecule has 0 saturated carbocycles. The number of nitrogens with one attached hydrogen (secondary N) is 1. The fraction of sp³-hybridized carbons (Fsp3) is 0.0714. The van der Waals surface area contributed by atoms with Crippen molar-refractivity contribution in [2.45, 2.75) is 6.42 Å². The summed E-state index contributed by atoms with van der Waals surface area (Å²) in [6, 6.07) is 7.91. The van der Waals surface area contributed by atoms with Crippen molar-refractivity contribution in [1.29, 1.82) is 0 Å². The van der Waals surface area contributed by atoms with Gasteiger partial charge < -0.3 is 10.1 Å². The molecular formula is C14H10N2O. The highest BCUT2D eigenvalue weighted by Crippen LogP contribution is 2.20.